The number of hydrogen-bond donors (Lipinski definition) is 2. The molecule has 0 saturated carbocycles. The third-order valence-electron chi connectivity index (χ3n) is 2.45. The molecular formula is C9H18N2O2. The number of hydrogen-bond acceptors (Lipinski definition) is 3. The van der Waals surface area contributed by atoms with E-state index in [9.17, 15) is 4.79 Å². The van der Waals surface area contributed by atoms with E-state index in [2.05, 4.69) is 5.32 Å². The van der Waals surface area contributed by atoms with Crippen molar-refractivity contribution < 1.29 is 9.90 Å². The maximum atomic E-state index is 11.0. The van der Waals surface area contributed by atoms with Crippen LogP contribution in [0.25, 0.3) is 0 Å². The van der Waals surface area contributed by atoms with Gasteiger partial charge in [0.05, 0.1) is 6.61 Å². The minimum absolute atomic E-state index is 0.171. The lowest BCUT2D eigenvalue weighted by Crippen LogP contribution is -2.30. The highest BCUT2D eigenvalue weighted by Crippen LogP contribution is 2.14. The second kappa shape index (κ2) is 5.19. The van der Waals surface area contributed by atoms with Crippen molar-refractivity contribution in [3.8, 4) is 0 Å². The van der Waals surface area contributed by atoms with E-state index in [-0.39, 0.29) is 12.5 Å². The summed E-state index contributed by atoms with van der Waals surface area (Å²) in [5, 5.41) is 11.7. The lowest BCUT2D eigenvalue weighted by molar-refractivity contribution is -0.127. The molecule has 0 radical (unpaired) electrons. The number of amides is 1. The van der Waals surface area contributed by atoms with Gasteiger partial charge in [-0.2, -0.15) is 0 Å². The number of aliphatic hydroxyl groups is 1. The molecule has 1 heterocycles. The van der Waals surface area contributed by atoms with Crippen molar-refractivity contribution in [2.45, 2.75) is 13.3 Å². The Hall–Kier alpha value is -0.610. The van der Waals surface area contributed by atoms with Crippen LogP contribution in [-0.4, -0.2) is 48.7 Å². The third kappa shape index (κ3) is 3.32. The number of nitrogens with zero attached hydrogens (tertiary/aromatic N) is 1. The summed E-state index contributed by atoms with van der Waals surface area (Å²) in [4.78, 5) is 12.9. The van der Waals surface area contributed by atoms with Gasteiger partial charge in [-0.25, -0.2) is 0 Å². The standard InChI is InChI=1S/C9H18N2O2/c1-8(13)11-4-2-9(7-11)6-10-3-5-12/h9-10,12H,2-7H2,1H3. The van der Waals surface area contributed by atoms with Gasteiger partial charge < -0.3 is 15.3 Å². The average molecular weight is 186 g/mol. The fourth-order valence-corrected chi connectivity index (χ4v) is 1.67. The number of carbonyl (C=O) groups excluding carboxylic acids is 1. The van der Waals surface area contributed by atoms with Gasteiger partial charge in [-0.15, -0.1) is 0 Å². The van der Waals surface area contributed by atoms with E-state index in [0.29, 0.717) is 12.5 Å². The first-order chi connectivity index (χ1) is 6.24. The predicted molar refractivity (Wildman–Crippen MR) is 50.3 cm³/mol. The summed E-state index contributed by atoms with van der Waals surface area (Å²) >= 11 is 0. The minimum atomic E-state index is 0.171. The molecule has 0 aromatic rings. The molecule has 2 N–H and O–H groups in total. The Bertz CT molecular complexity index is 173. The van der Waals surface area contributed by atoms with Crippen molar-refractivity contribution in [3.63, 3.8) is 0 Å². The molecule has 13 heavy (non-hydrogen) atoms. The second-order valence-electron chi connectivity index (χ2n) is 3.55. The number of likely N-dealkylation sites (tertiary alicyclic amines) is 1. The topological polar surface area (TPSA) is 52.6 Å². The van der Waals surface area contributed by atoms with Gasteiger partial charge in [0.2, 0.25) is 5.91 Å². The van der Waals surface area contributed by atoms with Crippen molar-refractivity contribution in [1.82, 2.24) is 10.2 Å². The zero-order valence-corrected chi connectivity index (χ0v) is 8.12. The maximum Gasteiger partial charge on any atom is 0.219 e. The summed E-state index contributed by atoms with van der Waals surface area (Å²) in [5.41, 5.74) is 0. The highest BCUT2D eigenvalue weighted by molar-refractivity contribution is 5.73. The number of aliphatic hydroxyl groups excluding tert-OH is 1. The molecule has 1 saturated heterocycles. The maximum absolute atomic E-state index is 11.0. The molecule has 0 bridgehead atoms. The van der Waals surface area contributed by atoms with E-state index in [1.54, 1.807) is 6.92 Å². The molecule has 1 aliphatic rings. The highest BCUT2D eigenvalue weighted by atomic mass is 16.3. The average Bonchev–Trinajstić information content (AvgIpc) is 2.53. The zero-order chi connectivity index (χ0) is 9.68. The first-order valence-electron chi connectivity index (χ1n) is 4.81. The van der Waals surface area contributed by atoms with Crippen LogP contribution in [0.5, 0.6) is 0 Å². The lowest BCUT2D eigenvalue weighted by Gasteiger charge is -2.13. The van der Waals surface area contributed by atoms with Crippen LogP contribution in [0, 0.1) is 5.92 Å². The van der Waals surface area contributed by atoms with Crippen LogP contribution in [0.3, 0.4) is 0 Å². The number of carbonyl (C=O) groups is 1. The Kier molecular flexibility index (Phi) is 4.18. The van der Waals surface area contributed by atoms with Gasteiger partial charge in [-0.3, -0.25) is 4.79 Å². The molecule has 1 aliphatic heterocycles. The van der Waals surface area contributed by atoms with Crippen molar-refractivity contribution in [2.75, 3.05) is 32.8 Å². The summed E-state index contributed by atoms with van der Waals surface area (Å²) in [6, 6.07) is 0. The molecule has 1 atom stereocenters. The molecule has 1 rings (SSSR count). The van der Waals surface area contributed by atoms with Gasteiger partial charge in [-0.05, 0) is 18.9 Å². The van der Waals surface area contributed by atoms with Crippen LogP contribution in [0.15, 0.2) is 0 Å². The SMILES string of the molecule is CC(=O)N1CCC(CNCCO)C1. The van der Waals surface area contributed by atoms with E-state index in [0.717, 1.165) is 26.1 Å². The molecule has 0 aromatic carbocycles. The van der Waals surface area contributed by atoms with Gasteiger partial charge >= 0.3 is 0 Å². The van der Waals surface area contributed by atoms with Gasteiger partial charge in [-0.1, -0.05) is 0 Å². The van der Waals surface area contributed by atoms with E-state index in [1.165, 1.54) is 0 Å². The molecule has 4 nitrogen and oxygen atoms in total. The molecule has 1 unspecified atom stereocenters. The van der Waals surface area contributed by atoms with Crippen LogP contribution >= 0.6 is 0 Å². The van der Waals surface area contributed by atoms with Crippen LogP contribution in [0.2, 0.25) is 0 Å². The Morgan fingerprint density at radius 1 is 1.69 bits per heavy atom. The molecule has 0 spiro atoms. The van der Waals surface area contributed by atoms with Gasteiger partial charge in [0.15, 0.2) is 0 Å². The molecule has 76 valence electrons. The number of rotatable bonds is 4. The first kappa shape index (κ1) is 10.5. The van der Waals surface area contributed by atoms with Gasteiger partial charge in [0, 0.05) is 26.6 Å². The first-order valence-corrected chi connectivity index (χ1v) is 4.81. The van der Waals surface area contributed by atoms with Crippen LogP contribution < -0.4 is 5.32 Å². The van der Waals surface area contributed by atoms with Crippen LogP contribution in [0.1, 0.15) is 13.3 Å². The van der Waals surface area contributed by atoms with Gasteiger partial charge in [0.1, 0.15) is 0 Å². The Morgan fingerprint density at radius 2 is 2.46 bits per heavy atom. The fraction of sp³-hybridized carbons (Fsp3) is 0.889. The summed E-state index contributed by atoms with van der Waals surface area (Å²) in [5.74, 6) is 0.736. The van der Waals surface area contributed by atoms with E-state index >= 15 is 0 Å². The fourth-order valence-electron chi connectivity index (χ4n) is 1.67. The summed E-state index contributed by atoms with van der Waals surface area (Å²) in [6.07, 6.45) is 1.08. The Balaban J connectivity index is 2.14. The van der Waals surface area contributed by atoms with Crippen LogP contribution in [0.4, 0.5) is 0 Å². The smallest absolute Gasteiger partial charge is 0.219 e. The van der Waals surface area contributed by atoms with Crippen molar-refractivity contribution >= 4 is 5.91 Å². The van der Waals surface area contributed by atoms with E-state index < -0.39 is 0 Å². The number of nitrogens with one attached hydrogen (secondary N) is 1. The minimum Gasteiger partial charge on any atom is -0.395 e. The predicted octanol–water partition coefficient (Wildman–Crippen LogP) is -0.563. The summed E-state index contributed by atoms with van der Waals surface area (Å²) in [7, 11) is 0. The molecule has 1 amide bonds. The van der Waals surface area contributed by atoms with E-state index in [4.69, 9.17) is 5.11 Å². The van der Waals surface area contributed by atoms with Gasteiger partial charge in [0.25, 0.3) is 0 Å². The third-order valence-corrected chi connectivity index (χ3v) is 2.45. The van der Waals surface area contributed by atoms with Crippen molar-refractivity contribution in [3.05, 3.63) is 0 Å². The second-order valence-corrected chi connectivity index (χ2v) is 3.55. The lowest BCUT2D eigenvalue weighted by atomic mass is 10.1. The molecule has 1 fully saturated rings. The zero-order valence-electron chi connectivity index (χ0n) is 8.12. The summed E-state index contributed by atoms with van der Waals surface area (Å²) < 4.78 is 0. The van der Waals surface area contributed by atoms with Crippen LogP contribution in [-0.2, 0) is 4.79 Å². The monoisotopic (exact) mass is 186 g/mol. The molecule has 4 heteroatoms. The quantitative estimate of drug-likeness (QED) is 0.578. The van der Waals surface area contributed by atoms with E-state index in [1.807, 2.05) is 4.90 Å². The molecule has 0 aromatic heterocycles. The largest absolute Gasteiger partial charge is 0.395 e. The Morgan fingerprint density at radius 3 is 3.00 bits per heavy atom. The summed E-state index contributed by atoms with van der Waals surface area (Å²) in [6.45, 7) is 5.11. The molecule has 0 aliphatic carbocycles. The molecular weight excluding hydrogens is 168 g/mol. The normalized spacial score (nSPS) is 22.3. The highest BCUT2D eigenvalue weighted by Gasteiger charge is 2.23. The van der Waals surface area contributed by atoms with Crippen molar-refractivity contribution in [1.29, 1.82) is 0 Å². The van der Waals surface area contributed by atoms with Crippen molar-refractivity contribution in [2.24, 2.45) is 5.92 Å². The Labute approximate surface area is 78.9 Å².